The van der Waals surface area contributed by atoms with Gasteiger partial charge >= 0.3 is 5.97 Å². The number of carbonyl (C=O) groups is 1. The van der Waals surface area contributed by atoms with Gasteiger partial charge in [-0.05, 0) is 94.9 Å². The molecule has 1 fully saturated rings. The van der Waals surface area contributed by atoms with E-state index >= 15 is 0 Å². The minimum Gasteiger partial charge on any atom is -0.498 e. The largest absolute Gasteiger partial charge is 0.498 e. The van der Waals surface area contributed by atoms with Crippen molar-refractivity contribution in [2.45, 2.75) is 169 Å². The van der Waals surface area contributed by atoms with E-state index < -0.39 is 28.7 Å². The SMILES string of the molecule is CCCCCCCCCCC=CC=CC=CC=CC=CC=COC1CC(C)=C(C#CC(C)=CC=CC=CC=C(C)C=C2C=C(C=CC3(O)C(C)(C)CC(O)CC3(C)O)C(=O)O2)C(C)(C)C1. The third-order valence-corrected chi connectivity index (χ3v) is 12.4. The fraction of sp³-hybridized carbons (Fsp3) is 0.475. The first kappa shape index (κ1) is 54.4. The van der Waals surface area contributed by atoms with Gasteiger partial charge in [-0.2, -0.15) is 0 Å². The molecule has 0 aromatic heterocycles. The highest BCUT2D eigenvalue weighted by atomic mass is 16.5. The van der Waals surface area contributed by atoms with Gasteiger partial charge in [0, 0.05) is 29.2 Å². The Bertz CT molecular complexity index is 2040. The first-order chi connectivity index (χ1) is 30.9. The van der Waals surface area contributed by atoms with Crippen LogP contribution in [0, 0.1) is 22.7 Å². The molecule has 65 heavy (non-hydrogen) atoms. The standard InChI is InChI=1S/C59H80O6/c1-10-11-12-13-14-15-16-17-18-19-20-21-22-23-24-25-26-27-30-33-40-64-53-42-49(4)54(56(5,6)46-53)37-36-47(2)34-31-28-29-32-35-48(3)41-52-43-50(55(61)65-52)38-39-59(63)57(7,8)44-51(60)45-58(59,9)62/h19-35,38-41,43,51,53,60,62-63H,10-18,42,44-46H2,1-9H3. The molecule has 0 spiro atoms. The van der Waals surface area contributed by atoms with Crippen molar-refractivity contribution in [1.82, 2.24) is 0 Å². The third kappa shape index (κ3) is 18.8. The van der Waals surface area contributed by atoms with Crippen molar-refractivity contribution in [1.29, 1.82) is 0 Å². The number of carbonyl (C=O) groups excluding carboxylic acids is 1. The molecule has 3 rings (SSSR count). The highest BCUT2D eigenvalue weighted by molar-refractivity contribution is 5.95. The van der Waals surface area contributed by atoms with Gasteiger partial charge in [-0.3, -0.25) is 0 Å². The summed E-state index contributed by atoms with van der Waals surface area (Å²) in [4.78, 5) is 12.6. The Morgan fingerprint density at radius 3 is 2.00 bits per heavy atom. The number of unbranched alkanes of at least 4 members (excludes halogenated alkanes) is 8. The van der Waals surface area contributed by atoms with E-state index in [2.05, 4.69) is 63.8 Å². The van der Waals surface area contributed by atoms with Gasteiger partial charge in [0.25, 0.3) is 0 Å². The van der Waals surface area contributed by atoms with Crippen molar-refractivity contribution < 1.29 is 29.6 Å². The maximum absolute atomic E-state index is 12.6. The zero-order valence-corrected chi connectivity index (χ0v) is 41.1. The molecule has 0 aromatic carbocycles. The molecular formula is C59H80O6. The van der Waals surface area contributed by atoms with Crippen molar-refractivity contribution in [2.24, 2.45) is 10.8 Å². The molecule has 0 bridgehead atoms. The lowest BCUT2D eigenvalue weighted by Crippen LogP contribution is -2.65. The van der Waals surface area contributed by atoms with Crippen LogP contribution < -0.4 is 0 Å². The Kier molecular flexibility index (Phi) is 23.0. The molecule has 352 valence electrons. The number of hydrogen-bond donors (Lipinski definition) is 3. The van der Waals surface area contributed by atoms with Crippen LogP contribution in [0.3, 0.4) is 0 Å². The minimum absolute atomic E-state index is 0.0308. The van der Waals surface area contributed by atoms with E-state index in [0.29, 0.717) is 12.2 Å². The van der Waals surface area contributed by atoms with E-state index in [0.717, 1.165) is 30.4 Å². The zero-order chi connectivity index (χ0) is 47.8. The molecule has 1 aliphatic heterocycles. The van der Waals surface area contributed by atoms with Crippen LogP contribution in [-0.4, -0.2) is 44.7 Å². The third-order valence-electron chi connectivity index (χ3n) is 12.4. The van der Waals surface area contributed by atoms with Crippen LogP contribution in [0.25, 0.3) is 0 Å². The summed E-state index contributed by atoms with van der Waals surface area (Å²) in [7, 11) is 0. The molecule has 0 radical (unpaired) electrons. The summed E-state index contributed by atoms with van der Waals surface area (Å²) < 4.78 is 11.6. The van der Waals surface area contributed by atoms with Gasteiger partial charge < -0.3 is 24.8 Å². The molecule has 4 atom stereocenters. The van der Waals surface area contributed by atoms with Crippen molar-refractivity contribution >= 4 is 5.97 Å². The molecule has 6 heteroatoms. The Hall–Kier alpha value is -4.93. The molecule has 4 unspecified atom stereocenters. The number of rotatable bonds is 22. The number of allylic oxidation sites excluding steroid dienone is 22. The highest BCUT2D eigenvalue weighted by Gasteiger charge is 2.58. The molecule has 1 saturated carbocycles. The monoisotopic (exact) mass is 885 g/mol. The van der Waals surface area contributed by atoms with Crippen molar-refractivity contribution in [3.05, 3.63) is 167 Å². The molecule has 2 aliphatic carbocycles. The first-order valence-electron chi connectivity index (χ1n) is 23.9. The van der Waals surface area contributed by atoms with Crippen LogP contribution in [-0.2, 0) is 14.3 Å². The van der Waals surface area contributed by atoms with Crippen LogP contribution in [0.15, 0.2) is 167 Å². The topological polar surface area (TPSA) is 96.2 Å². The maximum Gasteiger partial charge on any atom is 0.343 e. The summed E-state index contributed by atoms with van der Waals surface area (Å²) in [5.41, 5.74) is 0.413. The lowest BCUT2D eigenvalue weighted by molar-refractivity contribution is -0.216. The molecule has 0 aromatic rings. The van der Waals surface area contributed by atoms with E-state index in [1.165, 1.54) is 81.6 Å². The second kappa shape index (κ2) is 27.5. The lowest BCUT2D eigenvalue weighted by atomic mass is 9.57. The van der Waals surface area contributed by atoms with Gasteiger partial charge in [0.05, 0.1) is 23.5 Å². The lowest BCUT2D eigenvalue weighted by Gasteiger charge is -2.54. The molecular weight excluding hydrogens is 805 g/mol. The average molecular weight is 885 g/mol. The number of hydrogen-bond acceptors (Lipinski definition) is 6. The van der Waals surface area contributed by atoms with Crippen LogP contribution in [0.4, 0.5) is 0 Å². The number of cyclic esters (lactones) is 1. The van der Waals surface area contributed by atoms with Crippen LogP contribution in [0.2, 0.25) is 0 Å². The van der Waals surface area contributed by atoms with Crippen molar-refractivity contribution in [2.75, 3.05) is 0 Å². The Labute approximate surface area is 393 Å². The van der Waals surface area contributed by atoms with Gasteiger partial charge in [-0.1, -0.05) is 194 Å². The number of aliphatic hydroxyl groups is 3. The predicted molar refractivity (Wildman–Crippen MR) is 272 cm³/mol. The van der Waals surface area contributed by atoms with Crippen LogP contribution >= 0.6 is 0 Å². The summed E-state index contributed by atoms with van der Waals surface area (Å²) in [5.74, 6) is 6.67. The quantitative estimate of drug-likeness (QED) is 0.0329. The Morgan fingerprint density at radius 2 is 1.37 bits per heavy atom. The molecule has 3 aliphatic rings. The highest BCUT2D eigenvalue weighted by Crippen LogP contribution is 2.50. The van der Waals surface area contributed by atoms with E-state index in [1.54, 1.807) is 32.3 Å². The van der Waals surface area contributed by atoms with Crippen LogP contribution in [0.1, 0.15) is 146 Å². The molecule has 1 heterocycles. The van der Waals surface area contributed by atoms with Gasteiger partial charge in [0.1, 0.15) is 17.5 Å². The van der Waals surface area contributed by atoms with Gasteiger partial charge in [0.2, 0.25) is 0 Å². The molecule has 0 saturated heterocycles. The normalized spacial score (nSPS) is 26.2. The fourth-order valence-electron chi connectivity index (χ4n) is 8.80. The van der Waals surface area contributed by atoms with Crippen molar-refractivity contribution in [3.63, 3.8) is 0 Å². The smallest absolute Gasteiger partial charge is 0.343 e. The second-order valence-corrected chi connectivity index (χ2v) is 19.4. The van der Waals surface area contributed by atoms with Gasteiger partial charge in [-0.15, -0.1) is 0 Å². The maximum atomic E-state index is 12.6. The van der Waals surface area contributed by atoms with E-state index in [-0.39, 0.29) is 23.5 Å². The summed E-state index contributed by atoms with van der Waals surface area (Å²) in [6.45, 7) is 17.9. The average Bonchev–Trinajstić information content (AvgIpc) is 3.57. The van der Waals surface area contributed by atoms with E-state index in [4.69, 9.17) is 9.47 Å². The summed E-state index contributed by atoms with van der Waals surface area (Å²) in [5, 5.41) is 32.8. The number of aliphatic hydroxyl groups excluding tert-OH is 1. The number of ether oxygens (including phenoxy) is 2. The van der Waals surface area contributed by atoms with Gasteiger partial charge in [0.15, 0.2) is 0 Å². The van der Waals surface area contributed by atoms with E-state index in [1.807, 2.05) is 92.8 Å². The summed E-state index contributed by atoms with van der Waals surface area (Å²) >= 11 is 0. The van der Waals surface area contributed by atoms with Crippen molar-refractivity contribution in [3.8, 4) is 11.8 Å². The molecule has 6 nitrogen and oxygen atoms in total. The summed E-state index contributed by atoms with van der Waals surface area (Å²) in [6, 6.07) is 0. The zero-order valence-electron chi connectivity index (χ0n) is 41.1. The minimum atomic E-state index is -1.65. The van der Waals surface area contributed by atoms with E-state index in [9.17, 15) is 20.1 Å². The summed E-state index contributed by atoms with van der Waals surface area (Å²) in [6.07, 6.45) is 55.9. The van der Waals surface area contributed by atoms with Gasteiger partial charge in [-0.25, -0.2) is 4.79 Å². The Morgan fingerprint density at radius 1 is 0.785 bits per heavy atom. The Balaban J connectivity index is 1.42. The fourth-order valence-corrected chi connectivity index (χ4v) is 8.80. The molecule has 0 amide bonds. The number of esters is 1. The first-order valence-corrected chi connectivity index (χ1v) is 23.9. The van der Waals surface area contributed by atoms with Crippen LogP contribution in [0.5, 0.6) is 0 Å². The predicted octanol–water partition coefficient (Wildman–Crippen LogP) is 13.9. The molecule has 3 N–H and O–H groups in total. The second-order valence-electron chi connectivity index (χ2n) is 19.4.